The van der Waals surface area contributed by atoms with Crippen LogP contribution in [0.25, 0.3) is 0 Å². The van der Waals surface area contributed by atoms with Crippen molar-refractivity contribution < 1.29 is 9.47 Å². The molecule has 0 fully saturated rings. The molecule has 2 heteroatoms. The van der Waals surface area contributed by atoms with Crippen molar-refractivity contribution in [2.24, 2.45) is 0 Å². The van der Waals surface area contributed by atoms with Crippen molar-refractivity contribution in [3.05, 3.63) is 12.3 Å². The van der Waals surface area contributed by atoms with E-state index in [0.717, 1.165) is 19.3 Å². The molecule has 15 heavy (non-hydrogen) atoms. The van der Waals surface area contributed by atoms with Gasteiger partial charge in [0, 0.05) is 6.42 Å². The number of rotatable bonds is 5. The standard InChI is InChI=1S/C13H20O2/c1-2-3-4-5-7-10-14-12-13-9-6-8-11-15-13/h8,11,13H,2-4,6,9-10,12H2,1H3. The maximum absolute atomic E-state index is 5.42. The smallest absolute Gasteiger partial charge is 0.121 e. The molecule has 84 valence electrons. The van der Waals surface area contributed by atoms with Crippen LogP contribution in [0.4, 0.5) is 0 Å². The third-order valence-corrected chi connectivity index (χ3v) is 2.28. The van der Waals surface area contributed by atoms with E-state index >= 15 is 0 Å². The summed E-state index contributed by atoms with van der Waals surface area (Å²) < 4.78 is 10.8. The van der Waals surface area contributed by atoms with Gasteiger partial charge in [-0.3, -0.25) is 0 Å². The second-order valence-electron chi connectivity index (χ2n) is 3.68. The fourth-order valence-corrected chi connectivity index (χ4v) is 1.35. The second-order valence-corrected chi connectivity index (χ2v) is 3.68. The van der Waals surface area contributed by atoms with Crippen molar-refractivity contribution in [3.63, 3.8) is 0 Å². The molecule has 0 amide bonds. The molecular formula is C13H20O2. The van der Waals surface area contributed by atoms with Crippen LogP contribution in [-0.4, -0.2) is 19.3 Å². The topological polar surface area (TPSA) is 18.5 Å². The van der Waals surface area contributed by atoms with Gasteiger partial charge in [0.2, 0.25) is 0 Å². The Bertz CT molecular complexity index is 235. The SMILES string of the molecule is CCCCC#CCOCC1CCC=CO1. The summed E-state index contributed by atoms with van der Waals surface area (Å²) in [5.41, 5.74) is 0. The maximum atomic E-state index is 5.42. The lowest BCUT2D eigenvalue weighted by Gasteiger charge is -2.18. The molecule has 0 bridgehead atoms. The largest absolute Gasteiger partial charge is 0.496 e. The van der Waals surface area contributed by atoms with Gasteiger partial charge in [-0.05, 0) is 25.3 Å². The molecule has 1 aliphatic rings. The van der Waals surface area contributed by atoms with E-state index < -0.39 is 0 Å². The highest BCUT2D eigenvalue weighted by Gasteiger charge is 2.09. The lowest BCUT2D eigenvalue weighted by molar-refractivity contribution is 0.0295. The average molecular weight is 208 g/mol. The molecule has 0 radical (unpaired) electrons. The molecule has 0 saturated heterocycles. The van der Waals surface area contributed by atoms with Crippen molar-refractivity contribution in [2.75, 3.05) is 13.2 Å². The van der Waals surface area contributed by atoms with Gasteiger partial charge in [-0.15, -0.1) is 5.92 Å². The fraction of sp³-hybridized carbons (Fsp3) is 0.692. The molecule has 1 atom stereocenters. The fourth-order valence-electron chi connectivity index (χ4n) is 1.35. The Balaban J connectivity index is 1.95. The Kier molecular flexibility index (Phi) is 6.77. The predicted molar refractivity (Wildman–Crippen MR) is 61.4 cm³/mol. The van der Waals surface area contributed by atoms with Crippen LogP contribution >= 0.6 is 0 Å². The van der Waals surface area contributed by atoms with Crippen LogP contribution in [0.3, 0.4) is 0 Å². The van der Waals surface area contributed by atoms with Crippen LogP contribution in [0, 0.1) is 11.8 Å². The molecule has 0 aromatic carbocycles. The van der Waals surface area contributed by atoms with Crippen molar-refractivity contribution in [3.8, 4) is 11.8 Å². The van der Waals surface area contributed by atoms with Crippen LogP contribution in [0.5, 0.6) is 0 Å². The number of ether oxygens (including phenoxy) is 2. The van der Waals surface area contributed by atoms with Crippen LogP contribution in [0.2, 0.25) is 0 Å². The predicted octanol–water partition coefficient (Wildman–Crippen LogP) is 2.89. The zero-order chi connectivity index (χ0) is 10.8. The minimum Gasteiger partial charge on any atom is -0.496 e. The van der Waals surface area contributed by atoms with Crippen LogP contribution in [-0.2, 0) is 9.47 Å². The first-order chi connectivity index (χ1) is 7.43. The number of hydrogen-bond acceptors (Lipinski definition) is 2. The van der Waals surface area contributed by atoms with Gasteiger partial charge in [-0.1, -0.05) is 19.3 Å². The Morgan fingerprint density at radius 3 is 3.13 bits per heavy atom. The maximum Gasteiger partial charge on any atom is 0.121 e. The van der Waals surface area contributed by atoms with Crippen molar-refractivity contribution >= 4 is 0 Å². The molecule has 0 aliphatic carbocycles. The molecule has 1 rings (SSSR count). The zero-order valence-electron chi connectivity index (χ0n) is 9.50. The van der Waals surface area contributed by atoms with Gasteiger partial charge in [0.1, 0.15) is 12.7 Å². The van der Waals surface area contributed by atoms with Crippen molar-refractivity contribution in [1.29, 1.82) is 0 Å². The van der Waals surface area contributed by atoms with Crippen LogP contribution in [0.1, 0.15) is 39.0 Å². The molecule has 1 heterocycles. The zero-order valence-corrected chi connectivity index (χ0v) is 9.50. The van der Waals surface area contributed by atoms with E-state index in [1.54, 1.807) is 6.26 Å². The molecule has 0 saturated carbocycles. The minimum atomic E-state index is 0.229. The lowest BCUT2D eigenvalue weighted by Crippen LogP contribution is -2.19. The lowest BCUT2D eigenvalue weighted by atomic mass is 10.2. The summed E-state index contributed by atoms with van der Waals surface area (Å²) in [6.45, 7) is 3.37. The molecule has 1 aliphatic heterocycles. The van der Waals surface area contributed by atoms with Gasteiger partial charge >= 0.3 is 0 Å². The normalized spacial score (nSPS) is 19.1. The third kappa shape index (κ3) is 6.19. The number of allylic oxidation sites excluding steroid dienone is 1. The Labute approximate surface area is 92.6 Å². The van der Waals surface area contributed by atoms with E-state index in [9.17, 15) is 0 Å². The van der Waals surface area contributed by atoms with Crippen molar-refractivity contribution in [1.82, 2.24) is 0 Å². The first-order valence-electron chi connectivity index (χ1n) is 5.77. The van der Waals surface area contributed by atoms with E-state index in [-0.39, 0.29) is 6.10 Å². The summed E-state index contributed by atoms with van der Waals surface area (Å²) in [5.74, 6) is 6.11. The van der Waals surface area contributed by atoms with E-state index in [0.29, 0.717) is 13.2 Å². The molecule has 0 spiro atoms. The highest BCUT2D eigenvalue weighted by molar-refractivity contribution is 4.98. The highest BCUT2D eigenvalue weighted by Crippen LogP contribution is 2.09. The van der Waals surface area contributed by atoms with Crippen LogP contribution in [0.15, 0.2) is 12.3 Å². The van der Waals surface area contributed by atoms with Gasteiger partial charge in [0.05, 0.1) is 12.9 Å². The second kappa shape index (κ2) is 8.38. The van der Waals surface area contributed by atoms with Gasteiger partial charge in [0.25, 0.3) is 0 Å². The van der Waals surface area contributed by atoms with E-state index in [4.69, 9.17) is 9.47 Å². The minimum absolute atomic E-state index is 0.229. The molecule has 1 unspecified atom stereocenters. The summed E-state index contributed by atoms with van der Waals surface area (Å²) >= 11 is 0. The summed E-state index contributed by atoms with van der Waals surface area (Å²) in [6.07, 6.45) is 9.57. The number of hydrogen-bond donors (Lipinski definition) is 0. The highest BCUT2D eigenvalue weighted by atomic mass is 16.5. The summed E-state index contributed by atoms with van der Waals surface area (Å²) in [6, 6.07) is 0. The first-order valence-corrected chi connectivity index (χ1v) is 5.77. The van der Waals surface area contributed by atoms with Crippen LogP contribution < -0.4 is 0 Å². The Morgan fingerprint density at radius 2 is 2.40 bits per heavy atom. The molecule has 2 nitrogen and oxygen atoms in total. The summed E-state index contributed by atoms with van der Waals surface area (Å²) in [4.78, 5) is 0. The first kappa shape index (κ1) is 12.1. The summed E-state index contributed by atoms with van der Waals surface area (Å²) in [7, 11) is 0. The quantitative estimate of drug-likeness (QED) is 0.511. The van der Waals surface area contributed by atoms with E-state index in [1.807, 2.05) is 6.08 Å². The molecular weight excluding hydrogens is 188 g/mol. The third-order valence-electron chi connectivity index (χ3n) is 2.28. The number of unbranched alkanes of at least 4 members (excludes halogenated alkanes) is 2. The summed E-state index contributed by atoms with van der Waals surface area (Å²) in [5, 5.41) is 0. The van der Waals surface area contributed by atoms with Crippen molar-refractivity contribution in [2.45, 2.75) is 45.1 Å². The molecule has 0 aromatic rings. The average Bonchev–Trinajstić information content (AvgIpc) is 2.29. The van der Waals surface area contributed by atoms with Gasteiger partial charge in [-0.2, -0.15) is 0 Å². The van der Waals surface area contributed by atoms with E-state index in [2.05, 4.69) is 18.8 Å². The van der Waals surface area contributed by atoms with Gasteiger partial charge in [-0.25, -0.2) is 0 Å². The van der Waals surface area contributed by atoms with Gasteiger partial charge in [0.15, 0.2) is 0 Å². The monoisotopic (exact) mass is 208 g/mol. The molecule has 0 aromatic heterocycles. The molecule has 0 N–H and O–H groups in total. The Hall–Kier alpha value is -0.940. The van der Waals surface area contributed by atoms with E-state index in [1.165, 1.54) is 12.8 Å². The van der Waals surface area contributed by atoms with Gasteiger partial charge < -0.3 is 9.47 Å². The Morgan fingerprint density at radius 1 is 1.47 bits per heavy atom.